The highest BCUT2D eigenvalue weighted by atomic mass is 79.9. The number of aromatic carboxylic acids is 1. The minimum Gasteiger partial charge on any atom is -0.478 e. The number of carboxylic acid groups (broad SMARTS) is 1. The van der Waals surface area contributed by atoms with E-state index >= 15 is 0 Å². The number of carbonyl (C=O) groups is 1. The molecule has 2 aromatic rings. The molecule has 0 saturated carbocycles. The lowest BCUT2D eigenvalue weighted by Gasteiger charge is -2.10. The molecule has 0 fully saturated rings. The summed E-state index contributed by atoms with van der Waals surface area (Å²) in [5, 5.41) is 18.4. The van der Waals surface area contributed by atoms with Gasteiger partial charge in [-0.1, -0.05) is 39.8 Å². The monoisotopic (exact) mass is 347 g/mol. The minimum absolute atomic E-state index is 0.227. The lowest BCUT2D eigenvalue weighted by Crippen LogP contribution is -1.99. The second kappa shape index (κ2) is 6.12. The Morgan fingerprint density at radius 2 is 2.10 bits per heavy atom. The third-order valence-corrected chi connectivity index (χ3v) is 4.52. The summed E-state index contributed by atoms with van der Waals surface area (Å²) in [4.78, 5) is 12.7. The Hall–Kier alpha value is -1.77. The van der Waals surface area contributed by atoms with Gasteiger partial charge in [-0.2, -0.15) is 5.26 Å². The topological polar surface area (TPSA) is 61.1 Å². The molecule has 0 aromatic heterocycles. The first-order valence-electron chi connectivity index (χ1n) is 5.73. The van der Waals surface area contributed by atoms with Crippen LogP contribution in [0.4, 0.5) is 0 Å². The van der Waals surface area contributed by atoms with Gasteiger partial charge in [0.05, 0.1) is 11.1 Å². The van der Waals surface area contributed by atoms with Crippen molar-refractivity contribution in [1.29, 1.82) is 5.26 Å². The second-order valence-corrected chi connectivity index (χ2v) is 6.08. The molecule has 5 heteroatoms. The van der Waals surface area contributed by atoms with E-state index in [0.29, 0.717) is 10.5 Å². The third kappa shape index (κ3) is 3.03. The molecular weight excluding hydrogens is 338 g/mol. The number of aryl methyl sites for hydroxylation is 1. The van der Waals surface area contributed by atoms with Gasteiger partial charge < -0.3 is 5.11 Å². The fourth-order valence-corrected chi connectivity index (χ4v) is 3.38. The molecule has 0 aliphatic carbocycles. The van der Waals surface area contributed by atoms with Gasteiger partial charge in [-0.15, -0.1) is 0 Å². The molecule has 20 heavy (non-hydrogen) atoms. The molecule has 0 saturated heterocycles. The first-order valence-corrected chi connectivity index (χ1v) is 7.34. The molecule has 0 unspecified atom stereocenters. The molecule has 3 nitrogen and oxygen atoms in total. The first kappa shape index (κ1) is 14.6. The van der Waals surface area contributed by atoms with Crippen LogP contribution in [0.15, 0.2) is 50.7 Å². The van der Waals surface area contributed by atoms with Crippen LogP contribution in [0.1, 0.15) is 21.5 Å². The van der Waals surface area contributed by atoms with Crippen molar-refractivity contribution < 1.29 is 9.90 Å². The fraction of sp³-hybridized carbons (Fsp3) is 0.0667. The molecule has 0 aliphatic rings. The summed E-state index contributed by atoms with van der Waals surface area (Å²) in [6.45, 7) is 1.90. The number of nitrogens with zero attached hydrogens (tertiary/aromatic N) is 1. The van der Waals surface area contributed by atoms with Gasteiger partial charge in [-0.25, -0.2) is 4.79 Å². The summed E-state index contributed by atoms with van der Waals surface area (Å²) in [5.74, 6) is -0.980. The van der Waals surface area contributed by atoms with Gasteiger partial charge in [0.25, 0.3) is 0 Å². The van der Waals surface area contributed by atoms with Gasteiger partial charge in [0.2, 0.25) is 0 Å². The summed E-state index contributed by atoms with van der Waals surface area (Å²) < 4.78 is 0.803. The largest absolute Gasteiger partial charge is 0.478 e. The lowest BCUT2D eigenvalue weighted by atomic mass is 10.1. The summed E-state index contributed by atoms with van der Waals surface area (Å²) >= 11 is 4.64. The zero-order chi connectivity index (χ0) is 14.7. The van der Waals surface area contributed by atoms with Crippen LogP contribution in [0.25, 0.3) is 0 Å². The Morgan fingerprint density at radius 3 is 2.75 bits per heavy atom. The maximum atomic E-state index is 11.3. The van der Waals surface area contributed by atoms with E-state index in [0.717, 1.165) is 14.9 Å². The number of hydrogen-bond acceptors (Lipinski definition) is 3. The lowest BCUT2D eigenvalue weighted by molar-refractivity contribution is 0.0693. The quantitative estimate of drug-likeness (QED) is 0.889. The molecule has 0 radical (unpaired) electrons. The predicted molar refractivity (Wildman–Crippen MR) is 81.1 cm³/mol. The fourth-order valence-electron chi connectivity index (χ4n) is 1.74. The predicted octanol–water partition coefficient (Wildman–Crippen LogP) is 4.48. The van der Waals surface area contributed by atoms with E-state index in [1.54, 1.807) is 24.3 Å². The SMILES string of the molecule is Cc1cccc(C#N)c1Sc1cc(Br)ccc1C(=O)O. The van der Waals surface area contributed by atoms with Gasteiger partial charge >= 0.3 is 5.97 Å². The Morgan fingerprint density at radius 1 is 1.35 bits per heavy atom. The molecule has 0 amide bonds. The van der Waals surface area contributed by atoms with Crippen molar-refractivity contribution in [2.75, 3.05) is 0 Å². The van der Waals surface area contributed by atoms with Crippen molar-refractivity contribution in [1.82, 2.24) is 0 Å². The van der Waals surface area contributed by atoms with Crippen molar-refractivity contribution in [3.63, 3.8) is 0 Å². The van der Waals surface area contributed by atoms with E-state index in [-0.39, 0.29) is 5.56 Å². The van der Waals surface area contributed by atoms with Crippen LogP contribution < -0.4 is 0 Å². The van der Waals surface area contributed by atoms with Crippen LogP contribution in [0.3, 0.4) is 0 Å². The number of hydrogen-bond donors (Lipinski definition) is 1. The maximum absolute atomic E-state index is 11.3. The summed E-state index contributed by atoms with van der Waals surface area (Å²) in [6.07, 6.45) is 0. The molecule has 0 aliphatic heterocycles. The van der Waals surface area contributed by atoms with Crippen molar-refractivity contribution in [2.24, 2.45) is 0 Å². The average molecular weight is 348 g/mol. The van der Waals surface area contributed by atoms with Crippen LogP contribution in [-0.4, -0.2) is 11.1 Å². The van der Waals surface area contributed by atoms with Crippen LogP contribution >= 0.6 is 27.7 Å². The maximum Gasteiger partial charge on any atom is 0.336 e. The highest BCUT2D eigenvalue weighted by molar-refractivity contribution is 9.10. The van der Waals surface area contributed by atoms with E-state index in [1.165, 1.54) is 11.8 Å². The van der Waals surface area contributed by atoms with Gasteiger partial charge in [-0.3, -0.25) is 0 Å². The van der Waals surface area contributed by atoms with Gasteiger partial charge in [0, 0.05) is 14.3 Å². The van der Waals surface area contributed by atoms with Gasteiger partial charge in [0.15, 0.2) is 0 Å². The number of carboxylic acids is 1. The van der Waals surface area contributed by atoms with Crippen LogP contribution in [-0.2, 0) is 0 Å². The van der Waals surface area contributed by atoms with Crippen LogP contribution in [0, 0.1) is 18.3 Å². The minimum atomic E-state index is -0.980. The molecule has 0 atom stereocenters. The van der Waals surface area contributed by atoms with E-state index < -0.39 is 5.97 Å². The summed E-state index contributed by atoms with van der Waals surface area (Å²) in [6, 6.07) is 12.6. The molecule has 2 rings (SSSR count). The standard InChI is InChI=1S/C15H10BrNO2S/c1-9-3-2-4-10(8-17)14(9)20-13-7-11(16)5-6-12(13)15(18)19/h2-7H,1H3,(H,18,19). The second-order valence-electron chi connectivity index (χ2n) is 4.11. The number of halogens is 1. The molecule has 2 aromatic carbocycles. The number of benzene rings is 2. The smallest absolute Gasteiger partial charge is 0.336 e. The normalized spacial score (nSPS) is 10.1. The van der Waals surface area contributed by atoms with Gasteiger partial charge in [-0.05, 0) is 36.8 Å². The van der Waals surface area contributed by atoms with Crippen molar-refractivity contribution in [2.45, 2.75) is 16.7 Å². The van der Waals surface area contributed by atoms with Crippen molar-refractivity contribution >= 4 is 33.7 Å². The molecule has 0 bridgehead atoms. The molecular formula is C15H10BrNO2S. The van der Waals surface area contributed by atoms with E-state index in [4.69, 9.17) is 5.26 Å². The Kier molecular flexibility index (Phi) is 4.48. The highest BCUT2D eigenvalue weighted by Crippen LogP contribution is 2.36. The average Bonchev–Trinajstić information content (AvgIpc) is 2.40. The molecule has 0 spiro atoms. The summed E-state index contributed by atoms with van der Waals surface area (Å²) in [5.41, 5.74) is 1.72. The molecule has 1 N–H and O–H groups in total. The van der Waals surface area contributed by atoms with Crippen LogP contribution in [0.5, 0.6) is 0 Å². The zero-order valence-electron chi connectivity index (χ0n) is 10.6. The summed E-state index contributed by atoms with van der Waals surface area (Å²) in [7, 11) is 0. The van der Waals surface area contributed by atoms with E-state index in [1.807, 2.05) is 19.1 Å². The van der Waals surface area contributed by atoms with Crippen molar-refractivity contribution in [3.8, 4) is 6.07 Å². The molecule has 0 heterocycles. The third-order valence-electron chi connectivity index (χ3n) is 2.72. The zero-order valence-corrected chi connectivity index (χ0v) is 13.0. The van der Waals surface area contributed by atoms with E-state index in [2.05, 4.69) is 22.0 Å². The van der Waals surface area contributed by atoms with E-state index in [9.17, 15) is 9.90 Å². The Bertz CT molecular complexity index is 722. The molecule has 100 valence electrons. The Labute approximate surface area is 129 Å². The van der Waals surface area contributed by atoms with Crippen molar-refractivity contribution in [3.05, 3.63) is 57.6 Å². The number of rotatable bonds is 3. The van der Waals surface area contributed by atoms with Gasteiger partial charge in [0.1, 0.15) is 6.07 Å². The highest BCUT2D eigenvalue weighted by Gasteiger charge is 2.14. The first-order chi connectivity index (χ1) is 9.52. The van der Waals surface area contributed by atoms with Crippen LogP contribution in [0.2, 0.25) is 0 Å². The Balaban J connectivity index is 2.53. The number of nitriles is 1.